The number of rotatable bonds is 3. The average Bonchev–Trinajstić information content (AvgIpc) is 2.38. The van der Waals surface area contributed by atoms with Crippen molar-refractivity contribution < 1.29 is 0 Å². The molecule has 2 rings (SSSR count). The van der Waals surface area contributed by atoms with E-state index >= 15 is 0 Å². The summed E-state index contributed by atoms with van der Waals surface area (Å²) in [6, 6.07) is 15.7. The van der Waals surface area contributed by atoms with Gasteiger partial charge < -0.3 is 5.32 Å². The Hall–Kier alpha value is -1.91. The molecule has 0 spiro atoms. The molecule has 0 aliphatic carbocycles. The average molecular weight is 242 g/mol. The number of terminal acetylenes is 1. The molecule has 2 heteroatoms. The van der Waals surface area contributed by atoms with E-state index in [0.717, 1.165) is 17.8 Å². The van der Waals surface area contributed by atoms with Gasteiger partial charge in [0.15, 0.2) is 0 Å². The van der Waals surface area contributed by atoms with Crippen LogP contribution >= 0.6 is 11.6 Å². The van der Waals surface area contributed by atoms with E-state index in [2.05, 4.69) is 23.4 Å². The van der Waals surface area contributed by atoms with Gasteiger partial charge >= 0.3 is 0 Å². The Kier molecular flexibility index (Phi) is 3.69. The number of halogens is 1. The van der Waals surface area contributed by atoms with E-state index in [9.17, 15) is 0 Å². The first-order chi connectivity index (χ1) is 8.29. The molecule has 0 unspecified atom stereocenters. The van der Waals surface area contributed by atoms with Gasteiger partial charge in [-0.2, -0.15) is 0 Å². The standard InChI is InChI=1S/C15H12ClN/c1-2-13-10-14(16)8-9-15(13)17-11-12-6-4-3-5-7-12/h1,3-10,17H,11H2. The van der Waals surface area contributed by atoms with Crippen LogP contribution in [0, 0.1) is 12.3 Å². The fourth-order valence-corrected chi connectivity index (χ4v) is 1.76. The van der Waals surface area contributed by atoms with Crippen LogP contribution in [-0.2, 0) is 6.54 Å². The molecule has 0 radical (unpaired) electrons. The normalized spacial score (nSPS) is 9.65. The minimum absolute atomic E-state index is 0.656. The highest BCUT2D eigenvalue weighted by Gasteiger charge is 2.00. The van der Waals surface area contributed by atoms with Crippen LogP contribution in [0.5, 0.6) is 0 Å². The van der Waals surface area contributed by atoms with Crippen LogP contribution in [0.2, 0.25) is 5.02 Å². The molecule has 2 aromatic carbocycles. The third-order valence-electron chi connectivity index (χ3n) is 2.46. The zero-order chi connectivity index (χ0) is 12.1. The third-order valence-corrected chi connectivity index (χ3v) is 2.70. The van der Waals surface area contributed by atoms with Gasteiger partial charge in [-0.1, -0.05) is 47.9 Å². The van der Waals surface area contributed by atoms with Crippen molar-refractivity contribution in [1.82, 2.24) is 0 Å². The largest absolute Gasteiger partial charge is 0.380 e. The molecule has 0 saturated heterocycles. The summed E-state index contributed by atoms with van der Waals surface area (Å²) in [6.07, 6.45) is 5.44. The monoisotopic (exact) mass is 241 g/mol. The molecule has 0 heterocycles. The van der Waals surface area contributed by atoms with E-state index in [1.807, 2.05) is 30.3 Å². The fraction of sp³-hybridized carbons (Fsp3) is 0.0667. The van der Waals surface area contributed by atoms with E-state index in [-0.39, 0.29) is 0 Å². The summed E-state index contributed by atoms with van der Waals surface area (Å²) in [5.41, 5.74) is 2.93. The zero-order valence-corrected chi connectivity index (χ0v) is 10.0. The van der Waals surface area contributed by atoms with Gasteiger partial charge in [0.2, 0.25) is 0 Å². The van der Waals surface area contributed by atoms with Gasteiger partial charge in [-0.3, -0.25) is 0 Å². The Balaban J connectivity index is 2.12. The fourth-order valence-electron chi connectivity index (χ4n) is 1.58. The molecule has 84 valence electrons. The zero-order valence-electron chi connectivity index (χ0n) is 9.28. The van der Waals surface area contributed by atoms with Crippen molar-refractivity contribution in [2.75, 3.05) is 5.32 Å². The van der Waals surface area contributed by atoms with Gasteiger partial charge in [0.05, 0.1) is 5.69 Å². The van der Waals surface area contributed by atoms with Gasteiger partial charge in [-0.15, -0.1) is 6.42 Å². The smallest absolute Gasteiger partial charge is 0.0502 e. The van der Waals surface area contributed by atoms with Crippen molar-refractivity contribution in [2.45, 2.75) is 6.54 Å². The van der Waals surface area contributed by atoms with Gasteiger partial charge in [-0.05, 0) is 23.8 Å². The molecule has 1 N–H and O–H groups in total. The predicted octanol–water partition coefficient (Wildman–Crippen LogP) is 3.93. The van der Waals surface area contributed by atoms with Crippen molar-refractivity contribution in [1.29, 1.82) is 0 Å². The van der Waals surface area contributed by atoms with Crippen LogP contribution in [0.4, 0.5) is 5.69 Å². The molecule has 0 amide bonds. The summed E-state index contributed by atoms with van der Waals surface area (Å²) in [5.74, 6) is 2.63. The number of nitrogens with one attached hydrogen (secondary N) is 1. The summed E-state index contributed by atoms with van der Waals surface area (Å²) in [7, 11) is 0. The van der Waals surface area contributed by atoms with Crippen LogP contribution < -0.4 is 5.32 Å². The van der Waals surface area contributed by atoms with Crippen LogP contribution in [0.3, 0.4) is 0 Å². The Bertz CT molecular complexity index is 541. The van der Waals surface area contributed by atoms with Gasteiger partial charge in [0.1, 0.15) is 0 Å². The van der Waals surface area contributed by atoms with E-state index in [1.54, 1.807) is 6.07 Å². The van der Waals surface area contributed by atoms with Crippen LogP contribution in [0.15, 0.2) is 48.5 Å². The molecule has 17 heavy (non-hydrogen) atoms. The number of anilines is 1. The first kappa shape index (κ1) is 11.6. The molecule has 1 nitrogen and oxygen atoms in total. The second-order valence-electron chi connectivity index (χ2n) is 3.67. The Morgan fingerprint density at radius 3 is 2.59 bits per heavy atom. The topological polar surface area (TPSA) is 12.0 Å². The van der Waals surface area contributed by atoms with Crippen LogP contribution in [0.1, 0.15) is 11.1 Å². The molecule has 0 fully saturated rings. The maximum absolute atomic E-state index is 5.89. The summed E-state index contributed by atoms with van der Waals surface area (Å²) in [5, 5.41) is 3.96. The molecular weight excluding hydrogens is 230 g/mol. The molecule has 0 aliphatic heterocycles. The third kappa shape index (κ3) is 3.03. The lowest BCUT2D eigenvalue weighted by Crippen LogP contribution is -2.00. The molecular formula is C15H12ClN. The van der Waals surface area contributed by atoms with Gasteiger partial charge in [0.25, 0.3) is 0 Å². The van der Waals surface area contributed by atoms with E-state index < -0.39 is 0 Å². The highest BCUT2D eigenvalue weighted by molar-refractivity contribution is 6.30. The number of hydrogen-bond donors (Lipinski definition) is 1. The van der Waals surface area contributed by atoms with E-state index in [0.29, 0.717) is 5.02 Å². The second kappa shape index (κ2) is 5.43. The quantitative estimate of drug-likeness (QED) is 0.803. The lowest BCUT2D eigenvalue weighted by atomic mass is 10.1. The lowest BCUT2D eigenvalue weighted by molar-refractivity contribution is 1.15. The lowest BCUT2D eigenvalue weighted by Gasteiger charge is -2.09. The predicted molar refractivity (Wildman–Crippen MR) is 73.2 cm³/mol. The van der Waals surface area contributed by atoms with Crippen molar-refractivity contribution in [3.05, 3.63) is 64.7 Å². The van der Waals surface area contributed by atoms with Crippen LogP contribution in [-0.4, -0.2) is 0 Å². The van der Waals surface area contributed by atoms with Crippen molar-refractivity contribution in [2.24, 2.45) is 0 Å². The summed E-state index contributed by atoms with van der Waals surface area (Å²) < 4.78 is 0. The van der Waals surface area contributed by atoms with Crippen molar-refractivity contribution in [3.8, 4) is 12.3 Å². The Morgan fingerprint density at radius 1 is 1.12 bits per heavy atom. The molecule has 2 aromatic rings. The second-order valence-corrected chi connectivity index (χ2v) is 4.11. The van der Waals surface area contributed by atoms with Crippen molar-refractivity contribution in [3.63, 3.8) is 0 Å². The summed E-state index contributed by atoms with van der Waals surface area (Å²) in [6.45, 7) is 0.747. The van der Waals surface area contributed by atoms with E-state index in [1.165, 1.54) is 5.56 Å². The highest BCUT2D eigenvalue weighted by atomic mass is 35.5. The summed E-state index contributed by atoms with van der Waals surface area (Å²) in [4.78, 5) is 0. The first-order valence-corrected chi connectivity index (χ1v) is 5.71. The minimum atomic E-state index is 0.656. The van der Waals surface area contributed by atoms with E-state index in [4.69, 9.17) is 18.0 Å². The Labute approximate surface area is 106 Å². The molecule has 0 bridgehead atoms. The van der Waals surface area contributed by atoms with Gasteiger partial charge in [-0.25, -0.2) is 0 Å². The summed E-state index contributed by atoms with van der Waals surface area (Å²) >= 11 is 5.89. The minimum Gasteiger partial charge on any atom is -0.380 e. The molecule has 0 aromatic heterocycles. The molecule has 0 atom stereocenters. The maximum Gasteiger partial charge on any atom is 0.0502 e. The van der Waals surface area contributed by atoms with Crippen molar-refractivity contribution >= 4 is 17.3 Å². The van der Waals surface area contributed by atoms with Crippen LogP contribution in [0.25, 0.3) is 0 Å². The first-order valence-electron chi connectivity index (χ1n) is 5.33. The Morgan fingerprint density at radius 2 is 1.88 bits per heavy atom. The van der Waals surface area contributed by atoms with Gasteiger partial charge in [0, 0.05) is 17.1 Å². The molecule has 0 saturated carbocycles. The SMILES string of the molecule is C#Cc1cc(Cl)ccc1NCc1ccccc1. The maximum atomic E-state index is 5.89. The molecule has 0 aliphatic rings. The number of hydrogen-bond acceptors (Lipinski definition) is 1. The number of benzene rings is 2. The highest BCUT2D eigenvalue weighted by Crippen LogP contribution is 2.20.